The Balaban J connectivity index is 2.20. The Morgan fingerprint density at radius 2 is 2.00 bits per heavy atom. The molecule has 15 heavy (non-hydrogen) atoms. The maximum Gasteiger partial charge on any atom is 0.306 e. The number of piperidine rings is 1. The SMILES string of the molecule is O=C(O)CC(O)CN1CCC(CO)CC1. The highest BCUT2D eigenvalue weighted by Gasteiger charge is 2.21. The highest BCUT2D eigenvalue weighted by molar-refractivity contribution is 5.67. The molecule has 0 bridgehead atoms. The van der Waals surface area contributed by atoms with Crippen LogP contribution in [0.1, 0.15) is 19.3 Å². The van der Waals surface area contributed by atoms with Crippen molar-refractivity contribution in [3.05, 3.63) is 0 Å². The van der Waals surface area contributed by atoms with Crippen molar-refractivity contribution >= 4 is 5.97 Å². The lowest BCUT2D eigenvalue weighted by molar-refractivity contribution is -0.139. The van der Waals surface area contributed by atoms with Gasteiger partial charge in [-0.05, 0) is 31.8 Å². The maximum absolute atomic E-state index is 10.3. The van der Waals surface area contributed by atoms with Crippen LogP contribution in [0.3, 0.4) is 0 Å². The molecule has 88 valence electrons. The van der Waals surface area contributed by atoms with Crippen molar-refractivity contribution in [2.24, 2.45) is 5.92 Å². The number of likely N-dealkylation sites (tertiary alicyclic amines) is 1. The van der Waals surface area contributed by atoms with Gasteiger partial charge in [-0.25, -0.2) is 0 Å². The lowest BCUT2D eigenvalue weighted by Crippen LogP contribution is -2.40. The number of carboxylic acids is 1. The molecule has 1 fully saturated rings. The third kappa shape index (κ3) is 4.59. The van der Waals surface area contributed by atoms with E-state index in [0.717, 1.165) is 25.9 Å². The fourth-order valence-electron chi connectivity index (χ4n) is 1.92. The van der Waals surface area contributed by atoms with Gasteiger partial charge in [-0.1, -0.05) is 0 Å². The predicted octanol–water partition coefficient (Wildman–Crippen LogP) is -0.474. The molecule has 0 saturated carbocycles. The summed E-state index contributed by atoms with van der Waals surface area (Å²) in [5.41, 5.74) is 0. The molecule has 1 saturated heterocycles. The van der Waals surface area contributed by atoms with Crippen molar-refractivity contribution in [1.82, 2.24) is 4.90 Å². The van der Waals surface area contributed by atoms with Gasteiger partial charge in [0, 0.05) is 13.2 Å². The molecule has 0 spiro atoms. The molecule has 0 aromatic heterocycles. The van der Waals surface area contributed by atoms with Crippen LogP contribution in [0.25, 0.3) is 0 Å². The first-order valence-electron chi connectivity index (χ1n) is 5.35. The standard InChI is InChI=1S/C10H19NO4/c12-7-8-1-3-11(4-2-8)6-9(13)5-10(14)15/h8-9,12-13H,1-7H2,(H,14,15). The maximum atomic E-state index is 10.3. The van der Waals surface area contributed by atoms with E-state index in [9.17, 15) is 9.90 Å². The Morgan fingerprint density at radius 3 is 2.47 bits per heavy atom. The second-order valence-corrected chi connectivity index (χ2v) is 4.18. The van der Waals surface area contributed by atoms with Crippen molar-refractivity contribution in [3.8, 4) is 0 Å². The quantitative estimate of drug-likeness (QED) is 0.580. The number of hydrogen-bond donors (Lipinski definition) is 3. The number of carbonyl (C=O) groups is 1. The normalized spacial score (nSPS) is 21.5. The van der Waals surface area contributed by atoms with Crippen molar-refractivity contribution in [2.75, 3.05) is 26.2 Å². The van der Waals surface area contributed by atoms with Crippen LogP contribution in [0, 0.1) is 5.92 Å². The van der Waals surface area contributed by atoms with Gasteiger partial charge in [-0.3, -0.25) is 4.79 Å². The molecule has 5 heteroatoms. The van der Waals surface area contributed by atoms with Crippen LogP contribution < -0.4 is 0 Å². The summed E-state index contributed by atoms with van der Waals surface area (Å²) in [5.74, 6) is -0.592. The lowest BCUT2D eigenvalue weighted by Gasteiger charge is -2.32. The smallest absolute Gasteiger partial charge is 0.306 e. The molecule has 1 heterocycles. The minimum Gasteiger partial charge on any atom is -0.481 e. The Hall–Kier alpha value is -0.650. The van der Waals surface area contributed by atoms with E-state index < -0.39 is 12.1 Å². The van der Waals surface area contributed by atoms with Crippen LogP contribution in [0.15, 0.2) is 0 Å². The summed E-state index contributed by atoms with van der Waals surface area (Å²) in [4.78, 5) is 12.4. The zero-order chi connectivity index (χ0) is 11.3. The highest BCUT2D eigenvalue weighted by Crippen LogP contribution is 2.16. The van der Waals surface area contributed by atoms with Gasteiger partial charge < -0.3 is 20.2 Å². The van der Waals surface area contributed by atoms with Crippen molar-refractivity contribution in [3.63, 3.8) is 0 Å². The first-order chi connectivity index (χ1) is 7.11. The van der Waals surface area contributed by atoms with E-state index in [4.69, 9.17) is 10.2 Å². The van der Waals surface area contributed by atoms with Crippen LogP contribution in [-0.4, -0.2) is 58.5 Å². The summed E-state index contributed by atoms with van der Waals surface area (Å²) in [6, 6.07) is 0. The number of aliphatic carboxylic acids is 1. The first kappa shape index (κ1) is 12.4. The molecule has 0 aromatic carbocycles. The summed E-state index contributed by atoms with van der Waals surface area (Å²) >= 11 is 0. The van der Waals surface area contributed by atoms with Gasteiger partial charge in [0.15, 0.2) is 0 Å². The molecule has 0 amide bonds. The number of hydrogen-bond acceptors (Lipinski definition) is 4. The Labute approximate surface area is 89.3 Å². The highest BCUT2D eigenvalue weighted by atomic mass is 16.4. The Bertz CT molecular complexity index is 202. The van der Waals surface area contributed by atoms with Crippen molar-refractivity contribution in [2.45, 2.75) is 25.4 Å². The Morgan fingerprint density at radius 1 is 1.40 bits per heavy atom. The molecule has 5 nitrogen and oxygen atoms in total. The third-order valence-corrected chi connectivity index (χ3v) is 2.84. The first-order valence-corrected chi connectivity index (χ1v) is 5.35. The van der Waals surface area contributed by atoms with Crippen LogP contribution >= 0.6 is 0 Å². The molecule has 0 aliphatic carbocycles. The molecule has 3 N–H and O–H groups in total. The topological polar surface area (TPSA) is 81.0 Å². The van der Waals surface area contributed by atoms with Crippen LogP contribution in [0.4, 0.5) is 0 Å². The second kappa shape index (κ2) is 6.05. The lowest BCUT2D eigenvalue weighted by atomic mass is 9.97. The van der Waals surface area contributed by atoms with Gasteiger partial charge >= 0.3 is 5.97 Å². The van der Waals surface area contributed by atoms with Gasteiger partial charge in [0.05, 0.1) is 12.5 Å². The van der Waals surface area contributed by atoms with E-state index in [1.807, 2.05) is 0 Å². The molecule has 0 radical (unpaired) electrons. The fourth-order valence-corrected chi connectivity index (χ4v) is 1.92. The number of carboxylic acid groups (broad SMARTS) is 1. The third-order valence-electron chi connectivity index (χ3n) is 2.84. The van der Waals surface area contributed by atoms with E-state index in [-0.39, 0.29) is 13.0 Å². The number of rotatable bonds is 5. The van der Waals surface area contributed by atoms with E-state index in [1.54, 1.807) is 0 Å². The Kier molecular flexibility index (Phi) is 5.01. The largest absolute Gasteiger partial charge is 0.481 e. The summed E-state index contributed by atoms with van der Waals surface area (Å²) in [7, 11) is 0. The average molecular weight is 217 g/mol. The van der Waals surface area contributed by atoms with E-state index in [1.165, 1.54) is 0 Å². The number of aliphatic hydroxyl groups is 2. The minimum atomic E-state index is -0.965. The van der Waals surface area contributed by atoms with Gasteiger partial charge in [-0.15, -0.1) is 0 Å². The van der Waals surface area contributed by atoms with E-state index in [2.05, 4.69) is 4.90 Å². The van der Waals surface area contributed by atoms with Gasteiger partial charge in [-0.2, -0.15) is 0 Å². The number of nitrogens with zero attached hydrogens (tertiary/aromatic N) is 1. The van der Waals surface area contributed by atoms with Gasteiger partial charge in [0.1, 0.15) is 0 Å². The second-order valence-electron chi connectivity index (χ2n) is 4.18. The monoisotopic (exact) mass is 217 g/mol. The molecule has 1 rings (SSSR count). The molecule has 0 aromatic rings. The average Bonchev–Trinajstić information content (AvgIpc) is 2.17. The fraction of sp³-hybridized carbons (Fsp3) is 0.900. The van der Waals surface area contributed by atoms with Crippen LogP contribution in [0.2, 0.25) is 0 Å². The molecule has 1 unspecified atom stereocenters. The predicted molar refractivity (Wildman–Crippen MR) is 54.5 cm³/mol. The van der Waals surface area contributed by atoms with Crippen LogP contribution in [-0.2, 0) is 4.79 Å². The zero-order valence-electron chi connectivity index (χ0n) is 8.80. The van der Waals surface area contributed by atoms with Gasteiger partial charge in [0.2, 0.25) is 0 Å². The summed E-state index contributed by atoms with van der Waals surface area (Å²) in [5, 5.41) is 26.8. The molecule has 1 atom stereocenters. The van der Waals surface area contributed by atoms with E-state index >= 15 is 0 Å². The molecular formula is C10H19NO4. The summed E-state index contributed by atoms with van der Waals surface area (Å²) in [6.45, 7) is 2.32. The van der Waals surface area contributed by atoms with Gasteiger partial charge in [0.25, 0.3) is 0 Å². The number of aliphatic hydroxyl groups excluding tert-OH is 2. The summed E-state index contributed by atoms with van der Waals surface area (Å²) < 4.78 is 0. The zero-order valence-corrected chi connectivity index (χ0v) is 8.80. The summed E-state index contributed by atoms with van der Waals surface area (Å²) in [6.07, 6.45) is 0.875. The molecule has 1 aliphatic heterocycles. The molecular weight excluding hydrogens is 198 g/mol. The van der Waals surface area contributed by atoms with Crippen molar-refractivity contribution < 1.29 is 20.1 Å². The van der Waals surface area contributed by atoms with Crippen molar-refractivity contribution in [1.29, 1.82) is 0 Å². The van der Waals surface area contributed by atoms with E-state index in [0.29, 0.717) is 12.5 Å². The number of β-amino-alcohol motifs (C(OH)–C–C–N with tert-alkyl or cyclic N) is 1. The minimum absolute atomic E-state index is 0.195. The van der Waals surface area contributed by atoms with Crippen LogP contribution in [0.5, 0.6) is 0 Å². The molecule has 1 aliphatic rings.